The van der Waals surface area contributed by atoms with Crippen LogP contribution in [-0.4, -0.2) is 32.4 Å². The number of carbonyl (C=O) groups excluding carboxylic acids is 3. The van der Waals surface area contributed by atoms with Gasteiger partial charge < -0.3 is 0 Å². The number of imide groups is 1. The van der Waals surface area contributed by atoms with Crippen LogP contribution in [0.2, 0.25) is 5.02 Å². The smallest absolute Gasteiger partial charge is 0.270 e. The molecule has 1 aromatic rings. The lowest BCUT2D eigenvalue weighted by Gasteiger charge is -2.28. The summed E-state index contributed by atoms with van der Waals surface area (Å²) in [6.07, 6.45) is 0.859. The minimum absolute atomic E-state index is 0.123. The van der Waals surface area contributed by atoms with Crippen molar-refractivity contribution in [1.82, 2.24) is 10.4 Å². The quantitative estimate of drug-likeness (QED) is 0.527. The predicted molar refractivity (Wildman–Crippen MR) is 94.8 cm³/mol. The van der Waals surface area contributed by atoms with Crippen molar-refractivity contribution < 1.29 is 14.4 Å². The highest BCUT2D eigenvalue weighted by molar-refractivity contribution is 9.12. The van der Waals surface area contributed by atoms with Crippen LogP contribution in [0.4, 0.5) is 0 Å². The number of nitrogens with zero attached hydrogens (tertiary/aromatic N) is 1. The summed E-state index contributed by atoms with van der Waals surface area (Å²) in [7, 11) is 0. The first-order chi connectivity index (χ1) is 11.4. The lowest BCUT2D eigenvalue weighted by molar-refractivity contribution is -0.143. The zero-order valence-electron chi connectivity index (χ0n) is 12.3. The van der Waals surface area contributed by atoms with Gasteiger partial charge in [-0.15, -0.1) is 0 Å². The average molecular weight is 477 g/mol. The first-order valence-electron chi connectivity index (χ1n) is 7.62. The standard InChI is InChI=1S/C16H13Br2ClN2O3/c17-12-8-5-9(13(12)18)11-10(8)15(23)21(16(11)24)20-14(22)6-1-3-7(19)4-2-6/h1-4,8-13H,5H2,(H,20,22)/t8-,9+,10+,11-,12-,13-/m1/s1. The van der Waals surface area contributed by atoms with Gasteiger partial charge in [-0.1, -0.05) is 43.5 Å². The van der Waals surface area contributed by atoms with Crippen LogP contribution in [0.25, 0.3) is 0 Å². The third kappa shape index (κ3) is 2.28. The van der Waals surface area contributed by atoms with Gasteiger partial charge in [-0.25, -0.2) is 0 Å². The van der Waals surface area contributed by atoms with Gasteiger partial charge in [-0.3, -0.25) is 19.8 Å². The fourth-order valence-electron chi connectivity index (χ4n) is 4.23. The molecule has 1 saturated heterocycles. The van der Waals surface area contributed by atoms with Gasteiger partial charge in [0.25, 0.3) is 17.7 Å². The fourth-order valence-corrected chi connectivity index (χ4v) is 6.23. The zero-order valence-corrected chi connectivity index (χ0v) is 16.2. The second-order valence-electron chi connectivity index (χ2n) is 6.46. The minimum atomic E-state index is -0.494. The maximum Gasteiger partial charge on any atom is 0.270 e. The maximum atomic E-state index is 12.7. The summed E-state index contributed by atoms with van der Waals surface area (Å²) in [5.74, 6) is -1.53. The molecule has 3 amide bonds. The van der Waals surface area contributed by atoms with Crippen LogP contribution in [-0.2, 0) is 9.59 Å². The Labute approximate surface area is 160 Å². The molecule has 24 heavy (non-hydrogen) atoms. The van der Waals surface area contributed by atoms with E-state index in [1.807, 2.05) is 0 Å². The normalized spacial score (nSPS) is 37.0. The Hall–Kier alpha value is -0.920. The summed E-state index contributed by atoms with van der Waals surface area (Å²) in [4.78, 5) is 38.0. The van der Waals surface area contributed by atoms with Gasteiger partial charge in [0.1, 0.15) is 0 Å². The minimum Gasteiger partial charge on any atom is -0.272 e. The molecule has 4 rings (SSSR count). The number of hydrazine groups is 1. The van der Waals surface area contributed by atoms with E-state index in [0.29, 0.717) is 10.6 Å². The molecule has 3 aliphatic rings. The lowest BCUT2D eigenvalue weighted by Crippen LogP contribution is -2.47. The first kappa shape index (κ1) is 16.5. The molecule has 1 N–H and O–H groups in total. The van der Waals surface area contributed by atoms with Gasteiger partial charge in [0.15, 0.2) is 0 Å². The fraction of sp³-hybridized carbons (Fsp3) is 0.438. The molecule has 0 radical (unpaired) electrons. The molecule has 0 unspecified atom stereocenters. The second-order valence-corrected chi connectivity index (χ2v) is 9.01. The summed E-state index contributed by atoms with van der Waals surface area (Å²) >= 11 is 13.1. The number of hydrogen-bond acceptors (Lipinski definition) is 3. The van der Waals surface area contributed by atoms with E-state index in [4.69, 9.17) is 11.6 Å². The molecule has 2 saturated carbocycles. The van der Waals surface area contributed by atoms with E-state index in [1.165, 1.54) is 0 Å². The zero-order chi connectivity index (χ0) is 17.2. The number of amides is 3. The van der Waals surface area contributed by atoms with Crippen LogP contribution in [0, 0.1) is 23.7 Å². The topological polar surface area (TPSA) is 66.5 Å². The van der Waals surface area contributed by atoms with Gasteiger partial charge in [-0.2, -0.15) is 5.01 Å². The van der Waals surface area contributed by atoms with E-state index in [0.717, 1.165) is 11.4 Å². The van der Waals surface area contributed by atoms with E-state index < -0.39 is 5.91 Å². The van der Waals surface area contributed by atoms with Crippen molar-refractivity contribution in [2.45, 2.75) is 16.1 Å². The molecule has 126 valence electrons. The molecule has 2 bridgehead atoms. The second kappa shape index (κ2) is 5.81. The lowest BCUT2D eigenvalue weighted by atomic mass is 9.81. The summed E-state index contributed by atoms with van der Waals surface area (Å²) in [6, 6.07) is 6.28. The number of fused-ring (bicyclic) bond motifs is 5. The predicted octanol–water partition coefficient (Wildman–Crippen LogP) is 2.76. The van der Waals surface area contributed by atoms with Gasteiger partial charge >= 0.3 is 0 Å². The van der Waals surface area contributed by atoms with Crippen molar-refractivity contribution in [2.75, 3.05) is 0 Å². The van der Waals surface area contributed by atoms with Crippen LogP contribution >= 0.6 is 43.5 Å². The molecule has 1 aromatic carbocycles. The Morgan fingerprint density at radius 3 is 2.04 bits per heavy atom. The van der Waals surface area contributed by atoms with Crippen molar-refractivity contribution >= 4 is 61.2 Å². The SMILES string of the molecule is O=C(NN1C(=O)[C@@H]2[C@@H]3C[C@@H]([C@@H](Br)[C@@H]3Br)[C@@H]2C1=O)c1ccc(Cl)cc1. The van der Waals surface area contributed by atoms with E-state index in [9.17, 15) is 14.4 Å². The van der Waals surface area contributed by atoms with E-state index in [-0.39, 0.29) is 45.1 Å². The van der Waals surface area contributed by atoms with E-state index in [1.54, 1.807) is 24.3 Å². The summed E-state index contributed by atoms with van der Waals surface area (Å²) in [6.45, 7) is 0. The van der Waals surface area contributed by atoms with Crippen LogP contribution < -0.4 is 5.43 Å². The molecule has 0 spiro atoms. The van der Waals surface area contributed by atoms with Crippen molar-refractivity contribution in [3.05, 3.63) is 34.9 Å². The Morgan fingerprint density at radius 1 is 1.04 bits per heavy atom. The van der Waals surface area contributed by atoms with E-state index >= 15 is 0 Å². The summed E-state index contributed by atoms with van der Waals surface area (Å²) in [5.41, 5.74) is 2.81. The third-order valence-corrected chi connectivity index (χ3v) is 8.77. The van der Waals surface area contributed by atoms with Gasteiger partial charge in [0.05, 0.1) is 11.8 Å². The molecule has 6 atom stereocenters. The molecule has 3 fully saturated rings. The summed E-state index contributed by atoms with van der Waals surface area (Å²) < 4.78 is 0. The monoisotopic (exact) mass is 474 g/mol. The summed E-state index contributed by atoms with van der Waals surface area (Å²) in [5, 5.41) is 1.42. The van der Waals surface area contributed by atoms with Crippen LogP contribution in [0.3, 0.4) is 0 Å². The molecule has 0 aromatic heterocycles. The van der Waals surface area contributed by atoms with Crippen LogP contribution in [0.15, 0.2) is 24.3 Å². The highest BCUT2D eigenvalue weighted by Crippen LogP contribution is 2.59. The average Bonchev–Trinajstić information content (AvgIpc) is 3.16. The Bertz CT molecular complexity index is 709. The van der Waals surface area contributed by atoms with Crippen LogP contribution in [0.1, 0.15) is 16.8 Å². The van der Waals surface area contributed by atoms with Crippen LogP contribution in [0.5, 0.6) is 0 Å². The van der Waals surface area contributed by atoms with Crippen molar-refractivity contribution in [1.29, 1.82) is 0 Å². The van der Waals surface area contributed by atoms with Gasteiger partial charge in [0.2, 0.25) is 0 Å². The Balaban J connectivity index is 1.55. The molecule has 1 heterocycles. The maximum absolute atomic E-state index is 12.7. The first-order valence-corrected chi connectivity index (χ1v) is 9.83. The highest BCUT2D eigenvalue weighted by Gasteiger charge is 2.66. The molecule has 1 aliphatic heterocycles. The highest BCUT2D eigenvalue weighted by atomic mass is 79.9. The Kier molecular flexibility index (Phi) is 4.01. The largest absolute Gasteiger partial charge is 0.272 e. The third-order valence-electron chi connectivity index (χ3n) is 5.31. The van der Waals surface area contributed by atoms with E-state index in [2.05, 4.69) is 37.3 Å². The van der Waals surface area contributed by atoms with Crippen molar-refractivity contribution in [2.24, 2.45) is 23.7 Å². The van der Waals surface area contributed by atoms with Gasteiger partial charge in [0, 0.05) is 20.2 Å². The number of rotatable bonds is 2. The Morgan fingerprint density at radius 2 is 1.54 bits per heavy atom. The molecular weight excluding hydrogens is 463 g/mol. The van der Waals surface area contributed by atoms with Crippen molar-refractivity contribution in [3.8, 4) is 0 Å². The molecule has 8 heteroatoms. The van der Waals surface area contributed by atoms with Crippen molar-refractivity contribution in [3.63, 3.8) is 0 Å². The van der Waals surface area contributed by atoms with Gasteiger partial charge in [-0.05, 0) is 42.5 Å². The number of nitrogens with one attached hydrogen (secondary N) is 1. The number of hydrogen-bond donors (Lipinski definition) is 1. The number of alkyl halides is 2. The number of carbonyl (C=O) groups is 3. The molecular formula is C16H13Br2ClN2O3. The molecule has 5 nitrogen and oxygen atoms in total. The number of halogens is 3. The molecule has 2 aliphatic carbocycles. The number of benzene rings is 1.